The first-order chi connectivity index (χ1) is 11.5. The lowest BCUT2D eigenvalue weighted by molar-refractivity contribution is 0.433. The second kappa shape index (κ2) is 7.09. The van der Waals surface area contributed by atoms with Crippen molar-refractivity contribution in [1.29, 1.82) is 0 Å². The van der Waals surface area contributed by atoms with Crippen LogP contribution in [0.3, 0.4) is 0 Å². The highest BCUT2D eigenvalue weighted by atomic mass is 35.5. The van der Waals surface area contributed by atoms with E-state index in [-0.39, 0.29) is 15.7 Å². The summed E-state index contributed by atoms with van der Waals surface area (Å²) < 4.78 is 40.2. The molecule has 1 aliphatic heterocycles. The number of anilines is 1. The van der Waals surface area contributed by atoms with Crippen molar-refractivity contribution in [2.45, 2.75) is 11.3 Å². The van der Waals surface area contributed by atoms with E-state index in [9.17, 15) is 12.8 Å². The third-order valence-corrected chi connectivity index (χ3v) is 6.50. The molecule has 0 saturated carbocycles. The SMILES string of the molecule is O=S(=O)(c1ccccc1Cl)N1CCCN(c2ccc(F)cc2)CC1. The zero-order valence-electron chi connectivity index (χ0n) is 13.0. The van der Waals surface area contributed by atoms with Gasteiger partial charge in [-0.05, 0) is 42.8 Å². The zero-order valence-corrected chi connectivity index (χ0v) is 14.6. The first-order valence-electron chi connectivity index (χ1n) is 7.74. The predicted octanol–water partition coefficient (Wildman–Crippen LogP) is 3.38. The van der Waals surface area contributed by atoms with Crippen LogP contribution in [0.2, 0.25) is 5.02 Å². The molecule has 1 fully saturated rings. The van der Waals surface area contributed by atoms with Crippen LogP contribution in [0.5, 0.6) is 0 Å². The molecular weight excluding hydrogens is 351 g/mol. The number of hydrogen-bond donors (Lipinski definition) is 0. The second-order valence-corrected chi connectivity index (χ2v) is 7.97. The van der Waals surface area contributed by atoms with Gasteiger partial charge in [0.2, 0.25) is 10.0 Å². The summed E-state index contributed by atoms with van der Waals surface area (Å²) in [6, 6.07) is 12.7. The van der Waals surface area contributed by atoms with Crippen LogP contribution in [-0.4, -0.2) is 38.9 Å². The Bertz CT molecular complexity index is 812. The number of benzene rings is 2. The molecule has 1 heterocycles. The maximum atomic E-state index is 13.1. The van der Waals surface area contributed by atoms with Crippen molar-refractivity contribution in [2.75, 3.05) is 31.1 Å². The number of nitrogens with zero attached hydrogens (tertiary/aromatic N) is 2. The molecule has 4 nitrogen and oxygen atoms in total. The summed E-state index contributed by atoms with van der Waals surface area (Å²) in [4.78, 5) is 2.21. The maximum absolute atomic E-state index is 13.1. The highest BCUT2D eigenvalue weighted by Gasteiger charge is 2.28. The van der Waals surface area contributed by atoms with Crippen molar-refractivity contribution < 1.29 is 12.8 Å². The van der Waals surface area contributed by atoms with Gasteiger partial charge in [0.25, 0.3) is 0 Å². The monoisotopic (exact) mass is 368 g/mol. The van der Waals surface area contributed by atoms with E-state index in [0.29, 0.717) is 26.1 Å². The quantitative estimate of drug-likeness (QED) is 0.833. The fourth-order valence-corrected chi connectivity index (χ4v) is 4.80. The van der Waals surface area contributed by atoms with E-state index in [2.05, 4.69) is 4.90 Å². The van der Waals surface area contributed by atoms with Crippen LogP contribution in [0.15, 0.2) is 53.4 Å². The van der Waals surface area contributed by atoms with Gasteiger partial charge in [-0.25, -0.2) is 12.8 Å². The summed E-state index contributed by atoms with van der Waals surface area (Å²) in [7, 11) is -3.61. The minimum Gasteiger partial charge on any atom is -0.370 e. The topological polar surface area (TPSA) is 40.6 Å². The Morgan fingerprint density at radius 1 is 0.917 bits per heavy atom. The first-order valence-corrected chi connectivity index (χ1v) is 9.55. The minimum absolute atomic E-state index is 0.141. The Hall–Kier alpha value is -1.63. The van der Waals surface area contributed by atoms with E-state index in [1.54, 1.807) is 30.3 Å². The fourth-order valence-electron chi connectivity index (χ4n) is 2.84. The van der Waals surface area contributed by atoms with Gasteiger partial charge >= 0.3 is 0 Å². The lowest BCUT2D eigenvalue weighted by Gasteiger charge is -2.23. The molecule has 0 atom stereocenters. The van der Waals surface area contributed by atoms with E-state index >= 15 is 0 Å². The third kappa shape index (κ3) is 3.55. The van der Waals surface area contributed by atoms with Crippen LogP contribution in [0.25, 0.3) is 0 Å². The Labute approximate surface area is 146 Å². The Balaban J connectivity index is 1.78. The smallest absolute Gasteiger partial charge is 0.244 e. The van der Waals surface area contributed by atoms with E-state index < -0.39 is 10.0 Å². The van der Waals surface area contributed by atoms with Crippen molar-refractivity contribution in [2.24, 2.45) is 0 Å². The van der Waals surface area contributed by atoms with E-state index in [0.717, 1.165) is 12.2 Å². The molecule has 3 rings (SSSR count). The summed E-state index contributed by atoms with van der Waals surface area (Å²) in [5.74, 6) is -0.281. The fraction of sp³-hybridized carbons (Fsp3) is 0.294. The van der Waals surface area contributed by atoms with E-state index in [1.807, 2.05) is 0 Å². The van der Waals surface area contributed by atoms with Gasteiger partial charge in [-0.2, -0.15) is 4.31 Å². The maximum Gasteiger partial charge on any atom is 0.244 e. The van der Waals surface area contributed by atoms with Gasteiger partial charge in [0, 0.05) is 31.9 Å². The van der Waals surface area contributed by atoms with Gasteiger partial charge < -0.3 is 4.90 Å². The summed E-state index contributed by atoms with van der Waals surface area (Å²) in [6.45, 7) is 2.08. The van der Waals surface area contributed by atoms with Crippen LogP contribution in [0.4, 0.5) is 10.1 Å². The van der Waals surface area contributed by atoms with Crippen molar-refractivity contribution >= 4 is 27.3 Å². The predicted molar refractivity (Wildman–Crippen MR) is 93.4 cm³/mol. The standard InChI is InChI=1S/C17H18ClFN2O2S/c18-16-4-1-2-5-17(16)24(22,23)21-11-3-10-20(12-13-21)15-8-6-14(19)7-9-15/h1-2,4-9H,3,10-13H2. The highest BCUT2D eigenvalue weighted by molar-refractivity contribution is 7.89. The molecule has 0 amide bonds. The molecule has 7 heteroatoms. The molecule has 0 N–H and O–H groups in total. The van der Waals surface area contributed by atoms with Gasteiger partial charge in [0.05, 0.1) is 5.02 Å². The normalized spacial score (nSPS) is 16.8. The third-order valence-electron chi connectivity index (χ3n) is 4.10. The highest BCUT2D eigenvalue weighted by Crippen LogP contribution is 2.26. The number of rotatable bonds is 3. The lowest BCUT2D eigenvalue weighted by atomic mass is 10.2. The molecule has 2 aromatic carbocycles. The van der Waals surface area contributed by atoms with E-state index in [1.165, 1.54) is 22.5 Å². The van der Waals surface area contributed by atoms with Gasteiger partial charge in [-0.15, -0.1) is 0 Å². The van der Waals surface area contributed by atoms with Gasteiger partial charge in [0.1, 0.15) is 10.7 Å². The molecule has 0 radical (unpaired) electrons. The summed E-state index contributed by atoms with van der Waals surface area (Å²) >= 11 is 6.06. The van der Waals surface area contributed by atoms with Crippen LogP contribution in [-0.2, 0) is 10.0 Å². The molecule has 0 aliphatic carbocycles. The first kappa shape index (κ1) is 17.2. The summed E-state index contributed by atoms with van der Waals surface area (Å²) in [5, 5.41) is 0.233. The zero-order chi connectivity index (χ0) is 17.2. The number of sulfonamides is 1. The molecular formula is C17H18ClFN2O2S. The molecule has 0 spiro atoms. The molecule has 0 bridgehead atoms. The largest absolute Gasteiger partial charge is 0.370 e. The summed E-state index contributed by atoms with van der Waals surface area (Å²) in [6.07, 6.45) is 0.695. The van der Waals surface area contributed by atoms with E-state index in [4.69, 9.17) is 11.6 Å². The molecule has 128 valence electrons. The molecule has 1 aliphatic rings. The van der Waals surface area contributed by atoms with Gasteiger partial charge in [-0.1, -0.05) is 23.7 Å². The van der Waals surface area contributed by atoms with Crippen LogP contribution in [0.1, 0.15) is 6.42 Å². The van der Waals surface area contributed by atoms with Crippen LogP contribution in [0, 0.1) is 5.82 Å². The van der Waals surface area contributed by atoms with Crippen molar-refractivity contribution in [1.82, 2.24) is 4.31 Å². The Morgan fingerprint density at radius 2 is 1.62 bits per heavy atom. The Kier molecular flexibility index (Phi) is 5.08. The van der Waals surface area contributed by atoms with Crippen LogP contribution < -0.4 is 4.90 Å². The van der Waals surface area contributed by atoms with Crippen molar-refractivity contribution in [3.63, 3.8) is 0 Å². The number of hydrogen-bond acceptors (Lipinski definition) is 3. The molecule has 1 saturated heterocycles. The number of halogens is 2. The molecule has 2 aromatic rings. The minimum atomic E-state index is -3.61. The van der Waals surface area contributed by atoms with Crippen molar-refractivity contribution in [3.8, 4) is 0 Å². The summed E-state index contributed by atoms with van der Waals surface area (Å²) in [5.41, 5.74) is 0.897. The molecule has 0 unspecified atom stereocenters. The molecule has 0 aromatic heterocycles. The van der Waals surface area contributed by atoms with Crippen LogP contribution >= 0.6 is 11.6 Å². The molecule has 24 heavy (non-hydrogen) atoms. The Morgan fingerprint density at radius 3 is 2.33 bits per heavy atom. The van der Waals surface area contributed by atoms with Crippen molar-refractivity contribution in [3.05, 3.63) is 59.4 Å². The average molecular weight is 369 g/mol. The average Bonchev–Trinajstić information content (AvgIpc) is 2.82. The van der Waals surface area contributed by atoms with Gasteiger partial charge in [-0.3, -0.25) is 0 Å². The lowest BCUT2D eigenvalue weighted by Crippen LogP contribution is -2.35. The second-order valence-electron chi connectivity index (χ2n) is 5.65. The van der Waals surface area contributed by atoms with Gasteiger partial charge in [0.15, 0.2) is 0 Å².